The fourth-order valence-corrected chi connectivity index (χ4v) is 4.08. The van der Waals surface area contributed by atoms with E-state index in [0.29, 0.717) is 25.5 Å². The molecule has 26 heavy (non-hydrogen) atoms. The third kappa shape index (κ3) is 4.05. The van der Waals surface area contributed by atoms with E-state index in [1.807, 2.05) is 34.0 Å². The molecular weight excluding hydrogens is 354 g/mol. The highest BCUT2D eigenvalue weighted by molar-refractivity contribution is 7.10. The van der Waals surface area contributed by atoms with Crippen molar-refractivity contribution in [3.63, 3.8) is 0 Å². The van der Waals surface area contributed by atoms with Crippen molar-refractivity contribution >= 4 is 17.4 Å². The Morgan fingerprint density at radius 1 is 1.46 bits per heavy atom. The number of amides is 2. The summed E-state index contributed by atoms with van der Waals surface area (Å²) in [6.45, 7) is 1.69. The van der Waals surface area contributed by atoms with Gasteiger partial charge in [0.15, 0.2) is 5.82 Å². The summed E-state index contributed by atoms with van der Waals surface area (Å²) in [5, 5.41) is 22.4. The van der Waals surface area contributed by atoms with Crippen LogP contribution in [0.4, 0.5) is 4.79 Å². The molecule has 3 rings (SSSR count). The van der Waals surface area contributed by atoms with E-state index in [1.165, 1.54) is 0 Å². The summed E-state index contributed by atoms with van der Waals surface area (Å²) in [5.74, 6) is 1.71. The zero-order valence-corrected chi connectivity index (χ0v) is 15.9. The SMILES string of the molecule is CO[C@H](CNC(=O)N1CCC(c2nnc(CO)n2C)CC1)c1cccs1. The molecule has 0 unspecified atom stereocenters. The second-order valence-electron chi connectivity index (χ2n) is 6.38. The summed E-state index contributed by atoms with van der Waals surface area (Å²) in [4.78, 5) is 15.4. The van der Waals surface area contributed by atoms with Gasteiger partial charge < -0.3 is 24.6 Å². The number of hydrogen-bond acceptors (Lipinski definition) is 6. The monoisotopic (exact) mass is 379 g/mol. The van der Waals surface area contributed by atoms with Gasteiger partial charge in [-0.05, 0) is 24.3 Å². The lowest BCUT2D eigenvalue weighted by Gasteiger charge is -2.32. The van der Waals surface area contributed by atoms with E-state index >= 15 is 0 Å². The molecule has 8 nitrogen and oxygen atoms in total. The smallest absolute Gasteiger partial charge is 0.317 e. The number of methoxy groups -OCH3 is 1. The lowest BCUT2D eigenvalue weighted by atomic mass is 9.96. The molecule has 1 aliphatic heterocycles. The molecule has 0 saturated carbocycles. The molecule has 2 N–H and O–H groups in total. The highest BCUT2D eigenvalue weighted by Gasteiger charge is 2.27. The lowest BCUT2D eigenvalue weighted by molar-refractivity contribution is 0.103. The van der Waals surface area contributed by atoms with Crippen molar-refractivity contribution in [2.24, 2.45) is 7.05 Å². The first-order chi connectivity index (χ1) is 12.6. The van der Waals surface area contributed by atoms with Crippen molar-refractivity contribution in [3.05, 3.63) is 34.0 Å². The van der Waals surface area contributed by atoms with Crippen LogP contribution in [0.2, 0.25) is 0 Å². The van der Waals surface area contributed by atoms with E-state index in [1.54, 1.807) is 18.4 Å². The van der Waals surface area contributed by atoms with Crippen LogP contribution in [0.5, 0.6) is 0 Å². The van der Waals surface area contributed by atoms with Gasteiger partial charge in [-0.25, -0.2) is 4.79 Å². The highest BCUT2D eigenvalue weighted by atomic mass is 32.1. The summed E-state index contributed by atoms with van der Waals surface area (Å²) < 4.78 is 7.32. The van der Waals surface area contributed by atoms with Gasteiger partial charge in [0.25, 0.3) is 0 Å². The Hall–Kier alpha value is -1.97. The fraction of sp³-hybridized carbons (Fsp3) is 0.588. The van der Waals surface area contributed by atoms with Crippen LogP contribution >= 0.6 is 11.3 Å². The number of thiophene rings is 1. The molecule has 0 spiro atoms. The van der Waals surface area contributed by atoms with Gasteiger partial charge in [0.1, 0.15) is 18.5 Å². The van der Waals surface area contributed by atoms with Crippen molar-refractivity contribution in [3.8, 4) is 0 Å². The number of carbonyl (C=O) groups is 1. The van der Waals surface area contributed by atoms with Crippen LogP contribution in [0.15, 0.2) is 17.5 Å². The standard InChI is InChI=1S/C17H25N5O3S/c1-21-15(11-23)19-20-16(21)12-5-7-22(8-6-12)17(24)18-10-13(25-2)14-4-3-9-26-14/h3-4,9,12-13,23H,5-8,10-11H2,1-2H3,(H,18,24)/t13-/m1/s1. The molecule has 1 saturated heterocycles. The minimum atomic E-state index is -0.118. The molecule has 142 valence electrons. The number of urea groups is 1. The Morgan fingerprint density at radius 3 is 2.81 bits per heavy atom. The number of aromatic nitrogens is 3. The highest BCUT2D eigenvalue weighted by Crippen LogP contribution is 2.27. The molecule has 2 amide bonds. The van der Waals surface area contributed by atoms with Gasteiger partial charge in [-0.1, -0.05) is 6.07 Å². The number of rotatable bonds is 6. The van der Waals surface area contributed by atoms with Crippen molar-refractivity contribution in [1.29, 1.82) is 0 Å². The molecule has 0 radical (unpaired) electrons. The first-order valence-corrected chi connectivity index (χ1v) is 9.60. The van der Waals surface area contributed by atoms with Crippen molar-refractivity contribution in [2.45, 2.75) is 31.5 Å². The van der Waals surface area contributed by atoms with Crippen molar-refractivity contribution < 1.29 is 14.6 Å². The van der Waals surface area contributed by atoms with Crippen molar-refractivity contribution in [1.82, 2.24) is 25.0 Å². The first kappa shape index (κ1) is 18.8. The van der Waals surface area contributed by atoms with Crippen LogP contribution in [0.3, 0.4) is 0 Å². The Balaban J connectivity index is 1.49. The summed E-state index contributed by atoms with van der Waals surface area (Å²) in [6.07, 6.45) is 1.56. The molecule has 0 aliphatic carbocycles. The Bertz CT molecular complexity index is 710. The number of ether oxygens (including phenoxy) is 1. The maximum atomic E-state index is 12.4. The minimum Gasteiger partial charge on any atom is -0.388 e. The Labute approximate surface area is 156 Å². The number of nitrogens with one attached hydrogen (secondary N) is 1. The van der Waals surface area contributed by atoms with Gasteiger partial charge in [-0.3, -0.25) is 0 Å². The molecule has 0 aromatic carbocycles. The zero-order valence-electron chi connectivity index (χ0n) is 15.1. The summed E-state index contributed by atoms with van der Waals surface area (Å²) >= 11 is 1.62. The molecule has 1 atom stereocenters. The van der Waals surface area contributed by atoms with Crippen LogP contribution in [0, 0.1) is 0 Å². The molecular formula is C17H25N5O3S. The van der Waals surface area contributed by atoms with Crippen LogP contribution in [-0.2, 0) is 18.4 Å². The largest absolute Gasteiger partial charge is 0.388 e. The fourth-order valence-electron chi connectivity index (χ4n) is 3.28. The number of carbonyl (C=O) groups excluding carboxylic acids is 1. The topological polar surface area (TPSA) is 92.5 Å². The quantitative estimate of drug-likeness (QED) is 0.796. The zero-order chi connectivity index (χ0) is 18.5. The Morgan fingerprint density at radius 2 is 2.23 bits per heavy atom. The summed E-state index contributed by atoms with van der Waals surface area (Å²) in [5.41, 5.74) is 0. The maximum Gasteiger partial charge on any atom is 0.317 e. The van der Waals surface area contributed by atoms with E-state index in [-0.39, 0.29) is 24.7 Å². The number of aliphatic hydroxyl groups excluding tert-OH is 1. The van der Waals surface area contributed by atoms with E-state index in [2.05, 4.69) is 15.5 Å². The van der Waals surface area contributed by atoms with E-state index in [0.717, 1.165) is 23.5 Å². The van der Waals surface area contributed by atoms with Gasteiger partial charge in [0.2, 0.25) is 0 Å². The third-order valence-corrected chi connectivity index (χ3v) is 5.84. The maximum absolute atomic E-state index is 12.4. The van der Waals surface area contributed by atoms with Crippen molar-refractivity contribution in [2.75, 3.05) is 26.7 Å². The second-order valence-corrected chi connectivity index (χ2v) is 7.36. The summed E-state index contributed by atoms with van der Waals surface area (Å²) in [6, 6.07) is 3.93. The Kier molecular flexibility index (Phi) is 6.23. The predicted octanol–water partition coefficient (Wildman–Crippen LogP) is 1.65. The van der Waals surface area contributed by atoms with Crippen LogP contribution < -0.4 is 5.32 Å². The minimum absolute atomic E-state index is 0.0592. The molecule has 9 heteroatoms. The van der Waals surface area contributed by atoms with Gasteiger partial charge >= 0.3 is 6.03 Å². The van der Waals surface area contributed by atoms with Gasteiger partial charge in [0.05, 0.1) is 6.54 Å². The van der Waals surface area contributed by atoms with Crippen LogP contribution in [0.25, 0.3) is 0 Å². The van der Waals surface area contributed by atoms with E-state index in [4.69, 9.17) is 4.74 Å². The number of nitrogens with zero attached hydrogens (tertiary/aromatic N) is 4. The van der Waals surface area contributed by atoms with Gasteiger partial charge in [0, 0.05) is 38.0 Å². The molecule has 3 heterocycles. The van der Waals surface area contributed by atoms with Gasteiger partial charge in [-0.2, -0.15) is 0 Å². The number of hydrogen-bond donors (Lipinski definition) is 2. The molecule has 0 bridgehead atoms. The normalized spacial score (nSPS) is 16.7. The lowest BCUT2D eigenvalue weighted by Crippen LogP contribution is -2.45. The van der Waals surface area contributed by atoms with E-state index in [9.17, 15) is 9.90 Å². The molecule has 2 aromatic heterocycles. The second kappa shape index (κ2) is 8.61. The van der Waals surface area contributed by atoms with E-state index < -0.39 is 0 Å². The number of aliphatic hydroxyl groups is 1. The van der Waals surface area contributed by atoms with Crippen LogP contribution in [0.1, 0.15) is 41.4 Å². The first-order valence-electron chi connectivity index (χ1n) is 8.72. The molecule has 1 fully saturated rings. The van der Waals surface area contributed by atoms with Gasteiger partial charge in [-0.15, -0.1) is 21.5 Å². The average molecular weight is 379 g/mol. The summed E-state index contributed by atoms with van der Waals surface area (Å²) in [7, 11) is 3.53. The molecule has 1 aliphatic rings. The third-order valence-electron chi connectivity index (χ3n) is 4.87. The number of piperidine rings is 1. The molecule has 2 aromatic rings. The predicted molar refractivity (Wildman–Crippen MR) is 97.9 cm³/mol. The average Bonchev–Trinajstić information content (AvgIpc) is 3.32. The van der Waals surface area contributed by atoms with Crippen LogP contribution in [-0.4, -0.2) is 57.5 Å². The number of likely N-dealkylation sites (tertiary alicyclic amines) is 1.